The minimum atomic E-state index is -0.493. The zero-order valence-electron chi connectivity index (χ0n) is 8.50. The third kappa shape index (κ3) is 2.34. The predicted molar refractivity (Wildman–Crippen MR) is 59.1 cm³/mol. The van der Waals surface area contributed by atoms with Gasteiger partial charge in [-0.2, -0.15) is 5.10 Å². The maximum atomic E-state index is 9.48. The van der Waals surface area contributed by atoms with Crippen LogP contribution in [0.25, 0.3) is 0 Å². The van der Waals surface area contributed by atoms with Crippen molar-refractivity contribution < 1.29 is 5.11 Å². The lowest BCUT2D eigenvalue weighted by molar-refractivity contribution is 0.180. The van der Waals surface area contributed by atoms with Crippen molar-refractivity contribution in [2.24, 2.45) is 5.73 Å². The Balaban J connectivity index is 2.93. The van der Waals surface area contributed by atoms with Crippen LogP contribution in [0.1, 0.15) is 18.3 Å². The standard InChI is InChI=1S/C9H16BrN3O/c1-3-13-8(4-7(14)5-11)9(10)6(2)12-13/h7,14H,3-5,11H2,1-2H3. The molecule has 1 rings (SSSR count). The van der Waals surface area contributed by atoms with E-state index in [-0.39, 0.29) is 6.54 Å². The summed E-state index contributed by atoms with van der Waals surface area (Å²) in [5.74, 6) is 0. The summed E-state index contributed by atoms with van der Waals surface area (Å²) < 4.78 is 2.87. The van der Waals surface area contributed by atoms with Gasteiger partial charge in [0.1, 0.15) is 0 Å². The molecule has 5 heteroatoms. The van der Waals surface area contributed by atoms with Crippen molar-refractivity contribution >= 4 is 15.9 Å². The van der Waals surface area contributed by atoms with E-state index in [4.69, 9.17) is 5.73 Å². The van der Waals surface area contributed by atoms with Crippen LogP contribution in [0.3, 0.4) is 0 Å². The molecule has 0 aliphatic heterocycles. The number of aliphatic hydroxyl groups is 1. The Kier molecular flexibility index (Phi) is 4.10. The Morgan fingerprint density at radius 1 is 1.64 bits per heavy atom. The number of aromatic nitrogens is 2. The first kappa shape index (κ1) is 11.7. The fourth-order valence-corrected chi connectivity index (χ4v) is 1.82. The third-order valence-corrected chi connectivity index (χ3v) is 3.19. The van der Waals surface area contributed by atoms with Crippen LogP contribution in [0.2, 0.25) is 0 Å². The molecule has 1 aromatic rings. The molecule has 0 saturated heterocycles. The van der Waals surface area contributed by atoms with Crippen molar-refractivity contribution in [1.82, 2.24) is 9.78 Å². The van der Waals surface area contributed by atoms with Gasteiger partial charge < -0.3 is 10.8 Å². The van der Waals surface area contributed by atoms with E-state index in [1.165, 1.54) is 0 Å². The van der Waals surface area contributed by atoms with E-state index in [0.717, 1.165) is 22.4 Å². The molecule has 0 fully saturated rings. The Labute approximate surface area is 92.2 Å². The van der Waals surface area contributed by atoms with Crippen LogP contribution < -0.4 is 5.73 Å². The first-order valence-corrected chi connectivity index (χ1v) is 5.49. The van der Waals surface area contributed by atoms with E-state index in [2.05, 4.69) is 21.0 Å². The van der Waals surface area contributed by atoms with E-state index in [1.807, 2.05) is 18.5 Å². The van der Waals surface area contributed by atoms with Crippen molar-refractivity contribution in [3.05, 3.63) is 15.9 Å². The molecule has 0 amide bonds. The lowest BCUT2D eigenvalue weighted by atomic mass is 10.2. The first-order chi connectivity index (χ1) is 6.60. The molecule has 80 valence electrons. The SMILES string of the molecule is CCn1nc(C)c(Br)c1CC(O)CN. The number of aryl methyl sites for hydroxylation is 2. The van der Waals surface area contributed by atoms with Crippen LogP contribution in [0, 0.1) is 6.92 Å². The predicted octanol–water partition coefficient (Wildman–Crippen LogP) is 0.836. The van der Waals surface area contributed by atoms with E-state index in [9.17, 15) is 5.11 Å². The second-order valence-electron chi connectivity index (χ2n) is 3.26. The highest BCUT2D eigenvalue weighted by Gasteiger charge is 2.14. The van der Waals surface area contributed by atoms with Crippen LogP contribution in [-0.2, 0) is 13.0 Å². The van der Waals surface area contributed by atoms with Gasteiger partial charge in [-0.1, -0.05) is 0 Å². The van der Waals surface area contributed by atoms with Crippen LogP contribution >= 0.6 is 15.9 Å². The summed E-state index contributed by atoms with van der Waals surface area (Å²) in [6, 6.07) is 0. The van der Waals surface area contributed by atoms with Gasteiger partial charge in [0.15, 0.2) is 0 Å². The van der Waals surface area contributed by atoms with Gasteiger partial charge in [0.05, 0.1) is 22.0 Å². The molecule has 0 bridgehead atoms. The highest BCUT2D eigenvalue weighted by Crippen LogP contribution is 2.22. The molecule has 0 radical (unpaired) electrons. The molecule has 1 unspecified atom stereocenters. The first-order valence-electron chi connectivity index (χ1n) is 4.70. The normalized spacial score (nSPS) is 13.2. The van der Waals surface area contributed by atoms with Crippen molar-refractivity contribution in [2.45, 2.75) is 32.9 Å². The van der Waals surface area contributed by atoms with Crippen molar-refractivity contribution in [3.63, 3.8) is 0 Å². The Hall–Kier alpha value is -0.390. The van der Waals surface area contributed by atoms with Crippen LogP contribution in [0.15, 0.2) is 4.47 Å². The Morgan fingerprint density at radius 3 is 2.79 bits per heavy atom. The van der Waals surface area contributed by atoms with Crippen LogP contribution in [0.4, 0.5) is 0 Å². The van der Waals surface area contributed by atoms with Gasteiger partial charge in [-0.25, -0.2) is 0 Å². The highest BCUT2D eigenvalue weighted by atomic mass is 79.9. The van der Waals surface area contributed by atoms with E-state index < -0.39 is 6.10 Å². The van der Waals surface area contributed by atoms with Crippen molar-refractivity contribution in [3.8, 4) is 0 Å². The summed E-state index contributed by atoms with van der Waals surface area (Å²) in [5, 5.41) is 13.8. The number of hydrogen-bond donors (Lipinski definition) is 2. The van der Waals surface area contributed by atoms with Crippen LogP contribution in [-0.4, -0.2) is 27.5 Å². The summed E-state index contributed by atoms with van der Waals surface area (Å²) in [7, 11) is 0. The van der Waals surface area contributed by atoms with Gasteiger partial charge in [0, 0.05) is 19.5 Å². The van der Waals surface area contributed by atoms with Crippen molar-refractivity contribution in [2.75, 3.05) is 6.54 Å². The highest BCUT2D eigenvalue weighted by molar-refractivity contribution is 9.10. The molecule has 0 aromatic carbocycles. The molecular formula is C9H16BrN3O. The number of hydrogen-bond acceptors (Lipinski definition) is 3. The number of aliphatic hydroxyl groups excluding tert-OH is 1. The quantitative estimate of drug-likeness (QED) is 0.845. The molecule has 0 saturated carbocycles. The number of nitrogens with two attached hydrogens (primary N) is 1. The third-order valence-electron chi connectivity index (χ3n) is 2.15. The van der Waals surface area contributed by atoms with E-state index in [1.54, 1.807) is 0 Å². The summed E-state index contributed by atoms with van der Waals surface area (Å²) >= 11 is 3.46. The summed E-state index contributed by atoms with van der Waals surface area (Å²) in [5.41, 5.74) is 7.34. The average Bonchev–Trinajstić information content (AvgIpc) is 2.45. The lowest BCUT2D eigenvalue weighted by Crippen LogP contribution is -2.23. The van der Waals surface area contributed by atoms with Gasteiger partial charge in [-0.15, -0.1) is 0 Å². The minimum absolute atomic E-state index is 0.278. The largest absolute Gasteiger partial charge is 0.391 e. The number of nitrogens with zero attached hydrogens (tertiary/aromatic N) is 2. The van der Waals surface area contributed by atoms with Crippen LogP contribution in [0.5, 0.6) is 0 Å². The zero-order valence-corrected chi connectivity index (χ0v) is 10.1. The minimum Gasteiger partial charge on any atom is -0.391 e. The Morgan fingerprint density at radius 2 is 2.29 bits per heavy atom. The molecule has 1 atom stereocenters. The maximum Gasteiger partial charge on any atom is 0.0738 e. The van der Waals surface area contributed by atoms with Gasteiger partial charge in [-0.05, 0) is 29.8 Å². The lowest BCUT2D eigenvalue weighted by Gasteiger charge is -2.09. The Bertz CT molecular complexity index is 311. The van der Waals surface area contributed by atoms with E-state index >= 15 is 0 Å². The van der Waals surface area contributed by atoms with Gasteiger partial charge in [0.25, 0.3) is 0 Å². The molecule has 14 heavy (non-hydrogen) atoms. The summed E-state index contributed by atoms with van der Waals surface area (Å²) in [6.45, 7) is 5.05. The second kappa shape index (κ2) is 4.91. The molecule has 0 aliphatic rings. The van der Waals surface area contributed by atoms with Gasteiger partial charge in [0.2, 0.25) is 0 Å². The monoisotopic (exact) mass is 261 g/mol. The average molecular weight is 262 g/mol. The molecule has 0 aliphatic carbocycles. The fourth-order valence-electron chi connectivity index (χ4n) is 1.37. The van der Waals surface area contributed by atoms with E-state index in [0.29, 0.717) is 6.42 Å². The fraction of sp³-hybridized carbons (Fsp3) is 0.667. The number of halogens is 1. The molecule has 1 heterocycles. The van der Waals surface area contributed by atoms with Gasteiger partial charge >= 0.3 is 0 Å². The molecule has 0 spiro atoms. The zero-order chi connectivity index (χ0) is 10.7. The topological polar surface area (TPSA) is 64.1 Å². The molecule has 4 nitrogen and oxygen atoms in total. The smallest absolute Gasteiger partial charge is 0.0738 e. The second-order valence-corrected chi connectivity index (χ2v) is 4.05. The number of rotatable bonds is 4. The maximum absolute atomic E-state index is 9.48. The molecule has 1 aromatic heterocycles. The molecular weight excluding hydrogens is 246 g/mol. The molecule has 3 N–H and O–H groups in total. The summed E-state index contributed by atoms with van der Waals surface area (Å²) in [4.78, 5) is 0. The summed E-state index contributed by atoms with van der Waals surface area (Å²) in [6.07, 6.45) is 0.0545. The van der Waals surface area contributed by atoms with Gasteiger partial charge in [-0.3, -0.25) is 4.68 Å². The van der Waals surface area contributed by atoms with Crippen molar-refractivity contribution in [1.29, 1.82) is 0 Å².